The number of carbonyl (C=O) groups is 1. The zero-order valence-corrected chi connectivity index (χ0v) is 9.53. The number of anilines is 2. The Balaban J connectivity index is 2.16. The van der Waals surface area contributed by atoms with E-state index in [2.05, 4.69) is 22.4 Å². The van der Waals surface area contributed by atoms with Crippen LogP contribution in [-0.2, 0) is 6.42 Å². The molecule has 0 unspecified atom stereocenters. The van der Waals surface area contributed by atoms with Gasteiger partial charge >= 0.3 is 0 Å². The van der Waals surface area contributed by atoms with Crippen molar-refractivity contribution in [1.82, 2.24) is 10.2 Å². The monoisotopic (exact) mass is 230 g/mol. The van der Waals surface area contributed by atoms with E-state index in [1.165, 1.54) is 11.8 Å². The Morgan fingerprint density at radius 1 is 1.53 bits per heavy atom. The summed E-state index contributed by atoms with van der Waals surface area (Å²) >= 11 is 0. The molecule has 17 heavy (non-hydrogen) atoms. The molecule has 0 saturated carbocycles. The number of nitrogen functional groups attached to an aromatic ring is 1. The second-order valence-corrected chi connectivity index (χ2v) is 3.71. The van der Waals surface area contributed by atoms with Crippen molar-refractivity contribution in [3.63, 3.8) is 0 Å². The molecule has 2 rings (SSSR count). The molecule has 1 amide bonds. The number of aryl methyl sites for hydroxylation is 1. The first kappa shape index (κ1) is 11.2. The minimum Gasteiger partial charge on any atom is -0.383 e. The van der Waals surface area contributed by atoms with E-state index < -0.39 is 0 Å². The fourth-order valence-electron chi connectivity index (χ4n) is 1.54. The minimum atomic E-state index is -0.260. The third-order valence-corrected chi connectivity index (χ3v) is 2.51. The molecular formula is C12H14N4O. The van der Waals surface area contributed by atoms with Gasteiger partial charge in [0.05, 0.1) is 6.20 Å². The van der Waals surface area contributed by atoms with E-state index in [1.54, 1.807) is 0 Å². The number of aromatic amines is 1. The van der Waals surface area contributed by atoms with E-state index in [9.17, 15) is 4.79 Å². The van der Waals surface area contributed by atoms with Crippen LogP contribution >= 0.6 is 0 Å². The van der Waals surface area contributed by atoms with Gasteiger partial charge < -0.3 is 11.1 Å². The zero-order chi connectivity index (χ0) is 12.3. The SMILES string of the molecule is CCc1cccc(NC(=O)c2cn[nH]c2N)c1. The highest BCUT2D eigenvalue weighted by Crippen LogP contribution is 2.14. The molecule has 0 aliphatic heterocycles. The summed E-state index contributed by atoms with van der Waals surface area (Å²) in [4.78, 5) is 11.8. The van der Waals surface area contributed by atoms with E-state index in [-0.39, 0.29) is 11.7 Å². The predicted octanol–water partition coefficient (Wildman–Crippen LogP) is 1.81. The topological polar surface area (TPSA) is 83.8 Å². The van der Waals surface area contributed by atoms with Crippen LogP contribution in [0.5, 0.6) is 0 Å². The first-order valence-corrected chi connectivity index (χ1v) is 5.40. The number of hydrogen-bond acceptors (Lipinski definition) is 3. The van der Waals surface area contributed by atoms with Gasteiger partial charge in [-0.25, -0.2) is 0 Å². The maximum absolute atomic E-state index is 11.8. The summed E-state index contributed by atoms with van der Waals surface area (Å²) in [7, 11) is 0. The Labute approximate surface area is 99.0 Å². The highest BCUT2D eigenvalue weighted by molar-refractivity contribution is 6.07. The van der Waals surface area contributed by atoms with Gasteiger partial charge in [-0.1, -0.05) is 19.1 Å². The summed E-state index contributed by atoms with van der Waals surface area (Å²) in [5, 5.41) is 9.01. The third-order valence-electron chi connectivity index (χ3n) is 2.51. The van der Waals surface area contributed by atoms with Crippen LogP contribution in [0.15, 0.2) is 30.5 Å². The molecular weight excluding hydrogens is 216 g/mol. The van der Waals surface area contributed by atoms with Crippen LogP contribution in [0, 0.1) is 0 Å². The molecule has 0 fully saturated rings. The molecule has 88 valence electrons. The second kappa shape index (κ2) is 4.69. The van der Waals surface area contributed by atoms with Gasteiger partial charge in [0.2, 0.25) is 0 Å². The number of hydrogen-bond donors (Lipinski definition) is 3. The van der Waals surface area contributed by atoms with Gasteiger partial charge in [0.1, 0.15) is 11.4 Å². The van der Waals surface area contributed by atoms with Gasteiger partial charge in [-0.2, -0.15) is 5.10 Å². The van der Waals surface area contributed by atoms with Crippen LogP contribution in [-0.4, -0.2) is 16.1 Å². The highest BCUT2D eigenvalue weighted by Gasteiger charge is 2.11. The first-order valence-electron chi connectivity index (χ1n) is 5.40. The Kier molecular flexibility index (Phi) is 3.09. The Hall–Kier alpha value is -2.30. The average Bonchev–Trinajstić information content (AvgIpc) is 2.76. The lowest BCUT2D eigenvalue weighted by molar-refractivity contribution is 0.102. The van der Waals surface area contributed by atoms with Crippen LogP contribution in [0.4, 0.5) is 11.5 Å². The molecule has 4 N–H and O–H groups in total. The summed E-state index contributed by atoms with van der Waals surface area (Å²) in [6, 6.07) is 7.70. The number of aromatic nitrogens is 2. The van der Waals surface area contributed by atoms with Gasteiger partial charge in [-0.15, -0.1) is 0 Å². The molecule has 1 heterocycles. The largest absolute Gasteiger partial charge is 0.383 e. The summed E-state index contributed by atoms with van der Waals surface area (Å²) in [6.45, 7) is 2.06. The molecule has 5 heteroatoms. The number of nitrogens with two attached hydrogens (primary N) is 1. The van der Waals surface area contributed by atoms with Gasteiger partial charge in [-0.05, 0) is 24.1 Å². The number of H-pyrrole nitrogens is 1. The van der Waals surface area contributed by atoms with Crippen LogP contribution in [0.1, 0.15) is 22.8 Å². The van der Waals surface area contributed by atoms with Crippen LogP contribution < -0.4 is 11.1 Å². The fourth-order valence-corrected chi connectivity index (χ4v) is 1.54. The molecule has 0 spiro atoms. The number of amides is 1. The van der Waals surface area contributed by atoms with Crippen molar-refractivity contribution in [2.45, 2.75) is 13.3 Å². The molecule has 0 atom stereocenters. The molecule has 0 saturated heterocycles. The van der Waals surface area contributed by atoms with Gasteiger partial charge in [-0.3, -0.25) is 9.89 Å². The summed E-state index contributed by atoms with van der Waals surface area (Å²) in [6.07, 6.45) is 2.34. The van der Waals surface area contributed by atoms with Crippen molar-refractivity contribution >= 4 is 17.4 Å². The minimum absolute atomic E-state index is 0.260. The van der Waals surface area contributed by atoms with E-state index in [4.69, 9.17) is 5.73 Å². The number of benzene rings is 1. The predicted molar refractivity (Wildman–Crippen MR) is 66.8 cm³/mol. The molecule has 0 bridgehead atoms. The number of nitrogens with zero attached hydrogens (tertiary/aromatic N) is 1. The molecule has 0 radical (unpaired) electrons. The summed E-state index contributed by atoms with van der Waals surface area (Å²) < 4.78 is 0. The van der Waals surface area contributed by atoms with E-state index >= 15 is 0 Å². The Bertz CT molecular complexity index is 533. The van der Waals surface area contributed by atoms with Gasteiger partial charge in [0.25, 0.3) is 5.91 Å². The Morgan fingerprint density at radius 2 is 2.35 bits per heavy atom. The standard InChI is InChI=1S/C12H14N4O/c1-2-8-4-3-5-9(6-8)15-12(17)10-7-14-16-11(10)13/h3-7H,2H2,1H3,(H,15,17)(H3,13,14,16). The van der Waals surface area contributed by atoms with Crippen LogP contribution in [0.3, 0.4) is 0 Å². The van der Waals surface area contributed by atoms with Crippen LogP contribution in [0.25, 0.3) is 0 Å². The normalized spacial score (nSPS) is 10.2. The van der Waals surface area contributed by atoms with Gasteiger partial charge in [0, 0.05) is 5.69 Å². The number of nitrogens with one attached hydrogen (secondary N) is 2. The molecule has 5 nitrogen and oxygen atoms in total. The molecule has 0 aliphatic rings. The zero-order valence-electron chi connectivity index (χ0n) is 9.53. The maximum Gasteiger partial charge on any atom is 0.261 e. The fraction of sp³-hybridized carbons (Fsp3) is 0.167. The quantitative estimate of drug-likeness (QED) is 0.751. The van der Waals surface area contributed by atoms with E-state index in [0.717, 1.165) is 12.1 Å². The lowest BCUT2D eigenvalue weighted by Crippen LogP contribution is -2.13. The molecule has 0 aliphatic carbocycles. The highest BCUT2D eigenvalue weighted by atomic mass is 16.1. The molecule has 2 aromatic rings. The average molecular weight is 230 g/mol. The third kappa shape index (κ3) is 2.44. The molecule has 1 aromatic carbocycles. The van der Waals surface area contributed by atoms with Crippen molar-refractivity contribution < 1.29 is 4.79 Å². The summed E-state index contributed by atoms with van der Waals surface area (Å²) in [5.41, 5.74) is 7.85. The van der Waals surface area contributed by atoms with E-state index in [1.807, 2.05) is 24.3 Å². The van der Waals surface area contributed by atoms with E-state index in [0.29, 0.717) is 5.56 Å². The number of rotatable bonds is 3. The van der Waals surface area contributed by atoms with Crippen molar-refractivity contribution in [3.8, 4) is 0 Å². The smallest absolute Gasteiger partial charge is 0.261 e. The summed E-state index contributed by atoms with van der Waals surface area (Å²) in [5.74, 6) is 0.0126. The van der Waals surface area contributed by atoms with Gasteiger partial charge in [0.15, 0.2) is 0 Å². The molecule has 1 aromatic heterocycles. The van der Waals surface area contributed by atoms with Crippen molar-refractivity contribution in [2.24, 2.45) is 0 Å². The lowest BCUT2D eigenvalue weighted by Gasteiger charge is -2.05. The van der Waals surface area contributed by atoms with Crippen LogP contribution in [0.2, 0.25) is 0 Å². The lowest BCUT2D eigenvalue weighted by atomic mass is 10.1. The van der Waals surface area contributed by atoms with Crippen molar-refractivity contribution in [1.29, 1.82) is 0 Å². The maximum atomic E-state index is 11.8. The second-order valence-electron chi connectivity index (χ2n) is 3.71. The number of carbonyl (C=O) groups excluding carboxylic acids is 1. The Morgan fingerprint density at radius 3 is 3.00 bits per heavy atom. The van der Waals surface area contributed by atoms with Crippen molar-refractivity contribution in [3.05, 3.63) is 41.6 Å². The van der Waals surface area contributed by atoms with Crippen molar-refractivity contribution in [2.75, 3.05) is 11.1 Å². The first-order chi connectivity index (χ1) is 8.20.